The third kappa shape index (κ3) is 4.35. The second kappa shape index (κ2) is 5.84. The highest BCUT2D eigenvalue weighted by Crippen LogP contribution is 2.10. The van der Waals surface area contributed by atoms with Gasteiger partial charge < -0.3 is 15.5 Å². The average molecular weight is 272 g/mol. The van der Waals surface area contributed by atoms with Crippen LogP contribution in [0.1, 0.15) is 12.5 Å². The zero-order valence-electron chi connectivity index (χ0n) is 9.81. The fraction of sp³-hybridized carbons (Fsp3) is 0.333. The van der Waals surface area contributed by atoms with Gasteiger partial charge in [-0.1, -0.05) is 23.7 Å². The smallest absolute Gasteiger partial charge is 0.337 e. The van der Waals surface area contributed by atoms with E-state index in [0.29, 0.717) is 5.02 Å². The van der Waals surface area contributed by atoms with Crippen LogP contribution in [0.5, 0.6) is 0 Å². The molecule has 0 saturated carbocycles. The third-order valence-electron chi connectivity index (χ3n) is 2.37. The third-order valence-corrected chi connectivity index (χ3v) is 2.62. The molecule has 98 valence electrons. The Morgan fingerprint density at radius 1 is 1.33 bits per heavy atom. The van der Waals surface area contributed by atoms with E-state index in [2.05, 4.69) is 5.32 Å². The quantitative estimate of drug-likeness (QED) is 0.740. The molecule has 18 heavy (non-hydrogen) atoms. The van der Waals surface area contributed by atoms with Crippen molar-refractivity contribution >= 4 is 23.5 Å². The van der Waals surface area contributed by atoms with Gasteiger partial charge in [-0.05, 0) is 24.6 Å². The minimum Gasteiger partial charge on any atom is -0.479 e. The summed E-state index contributed by atoms with van der Waals surface area (Å²) < 4.78 is 0. The van der Waals surface area contributed by atoms with E-state index in [1.807, 2.05) is 0 Å². The van der Waals surface area contributed by atoms with Crippen molar-refractivity contribution in [3.8, 4) is 0 Å². The fourth-order valence-corrected chi connectivity index (χ4v) is 1.32. The Morgan fingerprint density at radius 2 is 1.89 bits per heavy atom. The first-order valence-corrected chi connectivity index (χ1v) is 5.66. The van der Waals surface area contributed by atoms with Gasteiger partial charge in [-0.15, -0.1) is 0 Å². The van der Waals surface area contributed by atoms with Crippen molar-refractivity contribution in [3.05, 3.63) is 34.9 Å². The van der Waals surface area contributed by atoms with E-state index in [4.69, 9.17) is 16.7 Å². The van der Waals surface area contributed by atoms with E-state index < -0.39 is 11.6 Å². The van der Waals surface area contributed by atoms with Gasteiger partial charge in [-0.25, -0.2) is 4.79 Å². The number of nitrogens with one attached hydrogen (secondary N) is 1. The Bertz CT molecular complexity index is 442. The lowest BCUT2D eigenvalue weighted by atomic mass is 10.1. The highest BCUT2D eigenvalue weighted by molar-refractivity contribution is 6.30. The minimum absolute atomic E-state index is 0.104. The van der Waals surface area contributed by atoms with Gasteiger partial charge >= 0.3 is 5.97 Å². The Kier molecular flexibility index (Phi) is 4.69. The van der Waals surface area contributed by atoms with Crippen LogP contribution >= 0.6 is 11.6 Å². The molecule has 0 heterocycles. The first kappa shape index (κ1) is 14.5. The lowest BCUT2D eigenvalue weighted by Crippen LogP contribution is -2.46. The van der Waals surface area contributed by atoms with Crippen molar-refractivity contribution in [2.45, 2.75) is 18.9 Å². The van der Waals surface area contributed by atoms with Crippen molar-refractivity contribution in [2.75, 3.05) is 6.54 Å². The van der Waals surface area contributed by atoms with Crippen LogP contribution in [0.4, 0.5) is 0 Å². The van der Waals surface area contributed by atoms with Crippen LogP contribution in [0.2, 0.25) is 5.02 Å². The average Bonchev–Trinajstić information content (AvgIpc) is 2.29. The number of aliphatic carboxylic acids is 1. The molecule has 0 bridgehead atoms. The second-order valence-corrected chi connectivity index (χ2v) is 4.60. The maximum Gasteiger partial charge on any atom is 0.337 e. The molecular weight excluding hydrogens is 258 g/mol. The molecule has 0 fully saturated rings. The second-order valence-electron chi connectivity index (χ2n) is 4.16. The van der Waals surface area contributed by atoms with Crippen molar-refractivity contribution in [2.24, 2.45) is 0 Å². The molecule has 5 nitrogen and oxygen atoms in total. The van der Waals surface area contributed by atoms with Gasteiger partial charge in [0.15, 0.2) is 5.60 Å². The summed E-state index contributed by atoms with van der Waals surface area (Å²) >= 11 is 5.71. The van der Waals surface area contributed by atoms with Crippen LogP contribution in [-0.4, -0.2) is 34.2 Å². The summed E-state index contributed by atoms with van der Waals surface area (Å²) in [5.74, 6) is -1.74. The summed E-state index contributed by atoms with van der Waals surface area (Å²) in [4.78, 5) is 22.1. The van der Waals surface area contributed by atoms with Gasteiger partial charge in [-0.2, -0.15) is 0 Å². The van der Waals surface area contributed by atoms with E-state index in [1.54, 1.807) is 24.3 Å². The standard InChI is InChI=1S/C12H14ClNO4/c1-12(18,11(16)17)7-14-10(15)6-8-2-4-9(13)5-3-8/h2-5,18H,6-7H2,1H3,(H,14,15)(H,16,17). The van der Waals surface area contributed by atoms with Crippen LogP contribution in [0, 0.1) is 0 Å². The summed E-state index contributed by atoms with van der Waals surface area (Å²) in [5.41, 5.74) is -1.21. The summed E-state index contributed by atoms with van der Waals surface area (Å²) in [6, 6.07) is 6.74. The van der Waals surface area contributed by atoms with Crippen molar-refractivity contribution in [1.29, 1.82) is 0 Å². The number of benzene rings is 1. The molecule has 0 aliphatic rings. The number of carbonyl (C=O) groups excluding carboxylic acids is 1. The van der Waals surface area contributed by atoms with E-state index in [0.717, 1.165) is 12.5 Å². The lowest BCUT2D eigenvalue weighted by Gasteiger charge is -2.18. The Morgan fingerprint density at radius 3 is 2.39 bits per heavy atom. The number of carboxylic acids is 1. The Balaban J connectivity index is 2.48. The fourth-order valence-electron chi connectivity index (χ4n) is 1.20. The molecule has 6 heteroatoms. The number of hydrogen-bond donors (Lipinski definition) is 3. The molecule has 1 aromatic carbocycles. The number of amides is 1. The molecule has 1 aromatic rings. The molecule has 1 rings (SSSR count). The number of halogens is 1. The highest BCUT2D eigenvalue weighted by Gasteiger charge is 2.30. The number of aliphatic hydroxyl groups is 1. The van der Waals surface area contributed by atoms with Crippen molar-refractivity contribution < 1.29 is 19.8 Å². The monoisotopic (exact) mass is 271 g/mol. The van der Waals surface area contributed by atoms with Crippen LogP contribution in [-0.2, 0) is 16.0 Å². The lowest BCUT2D eigenvalue weighted by molar-refractivity contribution is -0.156. The number of hydrogen-bond acceptors (Lipinski definition) is 3. The Labute approximate surface area is 109 Å². The molecule has 0 aromatic heterocycles. The summed E-state index contributed by atoms with van der Waals surface area (Å²) in [6.07, 6.45) is 0.104. The molecule has 1 amide bonds. The summed E-state index contributed by atoms with van der Waals surface area (Å²) in [6.45, 7) is 0.784. The molecule has 1 atom stereocenters. The molecule has 0 aliphatic heterocycles. The van der Waals surface area contributed by atoms with Gasteiger partial charge in [0.05, 0.1) is 13.0 Å². The van der Waals surface area contributed by atoms with Gasteiger partial charge in [-0.3, -0.25) is 4.79 Å². The number of carboxylic acid groups (broad SMARTS) is 1. The first-order valence-electron chi connectivity index (χ1n) is 5.28. The molecule has 0 aliphatic carbocycles. The maximum atomic E-state index is 11.5. The summed E-state index contributed by atoms with van der Waals surface area (Å²) in [5, 5.41) is 21.0. The molecular formula is C12H14ClNO4. The number of rotatable bonds is 5. The van der Waals surface area contributed by atoms with Crippen LogP contribution < -0.4 is 5.32 Å². The Hall–Kier alpha value is -1.59. The van der Waals surface area contributed by atoms with Crippen LogP contribution in [0.25, 0.3) is 0 Å². The van der Waals surface area contributed by atoms with Crippen molar-refractivity contribution in [3.63, 3.8) is 0 Å². The highest BCUT2D eigenvalue weighted by atomic mass is 35.5. The minimum atomic E-state index is -1.96. The van der Waals surface area contributed by atoms with E-state index >= 15 is 0 Å². The number of carbonyl (C=O) groups is 2. The predicted molar refractivity (Wildman–Crippen MR) is 66.4 cm³/mol. The van der Waals surface area contributed by atoms with Gasteiger partial charge in [0.1, 0.15) is 0 Å². The van der Waals surface area contributed by atoms with Crippen LogP contribution in [0.15, 0.2) is 24.3 Å². The van der Waals surface area contributed by atoms with E-state index in [-0.39, 0.29) is 18.9 Å². The topological polar surface area (TPSA) is 86.6 Å². The first-order chi connectivity index (χ1) is 8.31. The SMILES string of the molecule is CC(O)(CNC(=O)Cc1ccc(Cl)cc1)C(=O)O. The maximum absolute atomic E-state index is 11.5. The van der Waals surface area contributed by atoms with E-state index in [9.17, 15) is 14.7 Å². The zero-order chi connectivity index (χ0) is 13.8. The molecule has 0 radical (unpaired) electrons. The largest absolute Gasteiger partial charge is 0.479 e. The molecule has 0 spiro atoms. The normalized spacial score (nSPS) is 13.7. The zero-order valence-corrected chi connectivity index (χ0v) is 10.6. The van der Waals surface area contributed by atoms with E-state index in [1.165, 1.54) is 0 Å². The van der Waals surface area contributed by atoms with Gasteiger partial charge in [0.25, 0.3) is 0 Å². The molecule has 1 unspecified atom stereocenters. The molecule has 0 saturated heterocycles. The van der Waals surface area contributed by atoms with Gasteiger partial charge in [0, 0.05) is 5.02 Å². The van der Waals surface area contributed by atoms with Crippen molar-refractivity contribution in [1.82, 2.24) is 5.32 Å². The van der Waals surface area contributed by atoms with Gasteiger partial charge in [0.2, 0.25) is 5.91 Å². The van der Waals surface area contributed by atoms with Crippen LogP contribution in [0.3, 0.4) is 0 Å². The predicted octanol–water partition coefficient (Wildman–Crippen LogP) is 0.834. The molecule has 3 N–H and O–H groups in total. The summed E-state index contributed by atoms with van der Waals surface area (Å²) in [7, 11) is 0.